The van der Waals surface area contributed by atoms with Crippen LogP contribution in [0.3, 0.4) is 0 Å². The van der Waals surface area contributed by atoms with E-state index < -0.39 is 17.9 Å². The monoisotopic (exact) mass is 365 g/mol. The first-order valence-electron chi connectivity index (χ1n) is 5.65. The quantitative estimate of drug-likeness (QED) is 0.678. The molecule has 0 aliphatic heterocycles. The molecule has 0 fully saturated rings. The summed E-state index contributed by atoms with van der Waals surface area (Å²) in [5.74, 6) is -1.50. The maximum atomic E-state index is 11.6. The fourth-order valence-corrected chi connectivity index (χ4v) is 2.09. The average Bonchev–Trinajstić information content (AvgIpc) is 2.37. The highest BCUT2D eigenvalue weighted by Gasteiger charge is 2.19. The van der Waals surface area contributed by atoms with Crippen LogP contribution in [0.2, 0.25) is 5.02 Å². The van der Waals surface area contributed by atoms with Gasteiger partial charge in [0.15, 0.2) is 6.61 Å². The van der Waals surface area contributed by atoms with Crippen LogP contribution in [0.5, 0.6) is 5.75 Å². The fraction of sp³-hybridized carbons (Fsp3) is 0.333. The van der Waals surface area contributed by atoms with Gasteiger partial charge in [-0.15, -0.1) is 0 Å². The molecule has 0 saturated heterocycles. The van der Waals surface area contributed by atoms with E-state index in [1.807, 2.05) is 0 Å². The van der Waals surface area contributed by atoms with Crippen molar-refractivity contribution in [2.75, 3.05) is 13.2 Å². The second-order valence-electron chi connectivity index (χ2n) is 3.83. The highest BCUT2D eigenvalue weighted by Crippen LogP contribution is 2.27. The Morgan fingerprint density at radius 2 is 2.15 bits per heavy atom. The van der Waals surface area contributed by atoms with Crippen molar-refractivity contribution >= 4 is 39.4 Å². The number of carboxylic acids is 1. The van der Waals surface area contributed by atoms with Crippen molar-refractivity contribution < 1.29 is 24.5 Å². The third-order valence-corrected chi connectivity index (χ3v) is 3.09. The summed E-state index contributed by atoms with van der Waals surface area (Å²) in [5, 5.41) is 20.1. The summed E-state index contributed by atoms with van der Waals surface area (Å²) in [4.78, 5) is 22.3. The van der Waals surface area contributed by atoms with E-state index in [1.54, 1.807) is 18.2 Å². The number of nitrogens with one attached hydrogen (secondary N) is 1. The van der Waals surface area contributed by atoms with Crippen LogP contribution >= 0.6 is 27.5 Å². The van der Waals surface area contributed by atoms with E-state index in [0.29, 0.717) is 10.8 Å². The van der Waals surface area contributed by atoms with Gasteiger partial charge < -0.3 is 20.3 Å². The summed E-state index contributed by atoms with van der Waals surface area (Å²) in [6.07, 6.45) is -0.0693. The molecule has 20 heavy (non-hydrogen) atoms. The van der Waals surface area contributed by atoms with Gasteiger partial charge in [0, 0.05) is 17.5 Å². The molecule has 0 aliphatic carbocycles. The molecule has 0 aliphatic rings. The van der Waals surface area contributed by atoms with Gasteiger partial charge in [-0.1, -0.05) is 27.5 Å². The number of carbonyl (C=O) groups is 2. The molecule has 0 unspecified atom stereocenters. The minimum Gasteiger partial charge on any atom is -0.482 e. The topological polar surface area (TPSA) is 95.9 Å². The highest BCUT2D eigenvalue weighted by molar-refractivity contribution is 9.10. The van der Waals surface area contributed by atoms with Crippen LogP contribution in [0.1, 0.15) is 6.42 Å². The van der Waals surface area contributed by atoms with E-state index in [-0.39, 0.29) is 19.6 Å². The van der Waals surface area contributed by atoms with Crippen LogP contribution in [-0.4, -0.2) is 41.3 Å². The molecule has 0 spiro atoms. The molecule has 110 valence electrons. The number of aliphatic hydroxyl groups is 1. The predicted octanol–water partition coefficient (Wildman–Crippen LogP) is 1.43. The minimum absolute atomic E-state index is 0.0693. The Bertz CT molecular complexity index is 497. The summed E-state index contributed by atoms with van der Waals surface area (Å²) in [5.41, 5.74) is 0. The fourth-order valence-electron chi connectivity index (χ4n) is 1.36. The van der Waals surface area contributed by atoms with E-state index >= 15 is 0 Å². The van der Waals surface area contributed by atoms with Gasteiger partial charge in [0.2, 0.25) is 0 Å². The molecule has 1 rings (SSSR count). The Balaban J connectivity index is 2.52. The molecule has 0 aromatic heterocycles. The van der Waals surface area contributed by atoms with Crippen LogP contribution in [-0.2, 0) is 9.59 Å². The number of aliphatic hydroxyl groups excluding tert-OH is 1. The second-order valence-corrected chi connectivity index (χ2v) is 5.16. The summed E-state index contributed by atoms with van der Waals surface area (Å²) in [7, 11) is 0. The summed E-state index contributed by atoms with van der Waals surface area (Å²) >= 11 is 9.14. The Morgan fingerprint density at radius 3 is 2.70 bits per heavy atom. The number of carbonyl (C=O) groups excluding carboxylic acids is 1. The van der Waals surface area contributed by atoms with Crippen LogP contribution in [0.25, 0.3) is 0 Å². The van der Waals surface area contributed by atoms with Crippen molar-refractivity contribution in [2.24, 2.45) is 0 Å². The van der Waals surface area contributed by atoms with E-state index in [0.717, 1.165) is 4.47 Å². The number of hydrogen-bond donors (Lipinski definition) is 3. The number of aliphatic carboxylic acids is 1. The second kappa shape index (κ2) is 8.08. The van der Waals surface area contributed by atoms with Crippen molar-refractivity contribution in [3.05, 3.63) is 27.7 Å². The van der Waals surface area contributed by atoms with Crippen molar-refractivity contribution in [2.45, 2.75) is 12.5 Å². The van der Waals surface area contributed by atoms with Crippen molar-refractivity contribution in [1.29, 1.82) is 0 Å². The van der Waals surface area contributed by atoms with E-state index in [4.69, 9.17) is 26.6 Å². The van der Waals surface area contributed by atoms with Crippen LogP contribution < -0.4 is 10.1 Å². The van der Waals surface area contributed by atoms with Crippen molar-refractivity contribution in [3.8, 4) is 5.75 Å². The van der Waals surface area contributed by atoms with Gasteiger partial charge in [-0.3, -0.25) is 4.79 Å². The lowest BCUT2D eigenvalue weighted by Crippen LogP contribution is -2.43. The lowest BCUT2D eigenvalue weighted by Gasteiger charge is -2.14. The molecule has 0 saturated carbocycles. The van der Waals surface area contributed by atoms with Crippen molar-refractivity contribution in [3.63, 3.8) is 0 Å². The average molecular weight is 367 g/mol. The Hall–Kier alpha value is -1.31. The minimum atomic E-state index is -1.21. The van der Waals surface area contributed by atoms with Gasteiger partial charge in [-0.25, -0.2) is 4.79 Å². The first-order chi connectivity index (χ1) is 9.43. The summed E-state index contributed by atoms with van der Waals surface area (Å²) in [6, 6.07) is 3.75. The molecule has 1 atom stereocenters. The number of rotatable bonds is 7. The molecule has 6 nitrogen and oxygen atoms in total. The van der Waals surface area contributed by atoms with E-state index in [1.165, 1.54) is 0 Å². The van der Waals surface area contributed by atoms with Gasteiger partial charge in [0.25, 0.3) is 5.91 Å². The Morgan fingerprint density at radius 1 is 1.45 bits per heavy atom. The number of hydrogen-bond acceptors (Lipinski definition) is 4. The molecule has 1 aromatic rings. The Kier molecular flexibility index (Phi) is 6.77. The molecular formula is C12H13BrClNO5. The lowest BCUT2D eigenvalue weighted by molar-refractivity contribution is -0.142. The number of benzene rings is 1. The predicted molar refractivity (Wildman–Crippen MR) is 75.9 cm³/mol. The summed E-state index contributed by atoms with van der Waals surface area (Å²) < 4.78 is 5.96. The molecule has 0 bridgehead atoms. The number of amides is 1. The van der Waals surface area contributed by atoms with Crippen LogP contribution in [0, 0.1) is 0 Å². The zero-order valence-corrected chi connectivity index (χ0v) is 12.6. The van der Waals surface area contributed by atoms with Gasteiger partial charge in [-0.05, 0) is 18.2 Å². The van der Waals surface area contributed by atoms with E-state index in [2.05, 4.69) is 21.2 Å². The molecule has 8 heteroatoms. The third-order valence-electron chi connectivity index (χ3n) is 2.30. The number of halogens is 2. The van der Waals surface area contributed by atoms with Crippen LogP contribution in [0.4, 0.5) is 0 Å². The Labute approximate surface area is 128 Å². The molecule has 1 amide bonds. The molecule has 0 radical (unpaired) electrons. The summed E-state index contributed by atoms with van der Waals surface area (Å²) in [6.45, 7) is -0.701. The maximum Gasteiger partial charge on any atom is 0.326 e. The molecule has 0 heterocycles. The maximum absolute atomic E-state index is 11.6. The SMILES string of the molecule is O=C(COc1ccc(Br)cc1Cl)N[C@@H](CCO)C(=O)O. The number of ether oxygens (including phenoxy) is 1. The zero-order chi connectivity index (χ0) is 15.1. The van der Waals surface area contributed by atoms with Gasteiger partial charge >= 0.3 is 5.97 Å². The third kappa shape index (κ3) is 5.36. The smallest absolute Gasteiger partial charge is 0.326 e. The van der Waals surface area contributed by atoms with Gasteiger partial charge in [0.05, 0.1) is 5.02 Å². The van der Waals surface area contributed by atoms with Gasteiger partial charge in [-0.2, -0.15) is 0 Å². The first kappa shape index (κ1) is 16.7. The van der Waals surface area contributed by atoms with Gasteiger partial charge in [0.1, 0.15) is 11.8 Å². The lowest BCUT2D eigenvalue weighted by atomic mass is 10.2. The number of carboxylic acid groups (broad SMARTS) is 1. The van der Waals surface area contributed by atoms with E-state index in [9.17, 15) is 9.59 Å². The first-order valence-corrected chi connectivity index (χ1v) is 6.82. The van der Waals surface area contributed by atoms with Crippen LogP contribution in [0.15, 0.2) is 22.7 Å². The zero-order valence-electron chi connectivity index (χ0n) is 10.3. The molecular weight excluding hydrogens is 353 g/mol. The highest BCUT2D eigenvalue weighted by atomic mass is 79.9. The normalized spacial score (nSPS) is 11.8. The molecule has 3 N–H and O–H groups in total. The standard InChI is InChI=1S/C12H13BrClNO5/c13-7-1-2-10(8(14)5-7)20-6-11(17)15-9(3-4-16)12(18)19/h1-2,5,9,16H,3-4,6H2,(H,15,17)(H,18,19)/t9-/m0/s1. The largest absolute Gasteiger partial charge is 0.482 e. The molecule has 1 aromatic carbocycles. The van der Waals surface area contributed by atoms with Crippen molar-refractivity contribution in [1.82, 2.24) is 5.32 Å².